The fourth-order valence-corrected chi connectivity index (χ4v) is 1.42. The normalized spacial score (nSPS) is 20.9. The molecule has 14 heavy (non-hydrogen) atoms. The molecular weight excluding hydrogens is 180 g/mol. The van der Waals surface area contributed by atoms with Gasteiger partial charge in [0.05, 0.1) is 0 Å². The van der Waals surface area contributed by atoms with Gasteiger partial charge < -0.3 is 15.8 Å². The summed E-state index contributed by atoms with van der Waals surface area (Å²) in [7, 11) is 0. The Morgan fingerprint density at radius 3 is 2.71 bits per heavy atom. The summed E-state index contributed by atoms with van der Waals surface area (Å²) < 4.78 is 5.21. The number of rotatable bonds is 2. The Morgan fingerprint density at radius 1 is 1.43 bits per heavy atom. The number of benzene rings is 1. The zero-order valence-electron chi connectivity index (χ0n) is 7.69. The van der Waals surface area contributed by atoms with E-state index in [-0.39, 0.29) is 12.0 Å². The van der Waals surface area contributed by atoms with Crippen LogP contribution in [0.1, 0.15) is 5.56 Å². The fraction of sp³-hybridized carbons (Fsp3) is 0.300. The standard InChI is InChI=1S/C10H12N2O2/c11-8-3-1-7(2-4-8)5-9-10(13)12-6-14-9/h1-4,9H,5-6,11H2,(H,12,13). The third-order valence-corrected chi connectivity index (χ3v) is 2.22. The van der Waals surface area contributed by atoms with E-state index in [1.165, 1.54) is 0 Å². The Bertz CT molecular complexity index is 334. The summed E-state index contributed by atoms with van der Waals surface area (Å²) in [5.74, 6) is -0.0400. The van der Waals surface area contributed by atoms with Gasteiger partial charge in [-0.2, -0.15) is 0 Å². The highest BCUT2D eigenvalue weighted by atomic mass is 16.5. The quantitative estimate of drug-likeness (QED) is 0.662. The van der Waals surface area contributed by atoms with Crippen LogP contribution in [0.15, 0.2) is 24.3 Å². The van der Waals surface area contributed by atoms with Crippen LogP contribution in [0.5, 0.6) is 0 Å². The predicted molar refractivity (Wildman–Crippen MR) is 52.4 cm³/mol. The van der Waals surface area contributed by atoms with Crippen LogP contribution in [0.3, 0.4) is 0 Å². The minimum Gasteiger partial charge on any atom is -0.399 e. The Labute approximate surface area is 82.1 Å². The molecule has 0 bridgehead atoms. The number of nitrogens with one attached hydrogen (secondary N) is 1. The first-order chi connectivity index (χ1) is 6.75. The summed E-state index contributed by atoms with van der Waals surface area (Å²) in [5, 5.41) is 2.62. The average molecular weight is 192 g/mol. The van der Waals surface area contributed by atoms with Crippen molar-refractivity contribution in [3.8, 4) is 0 Å². The Kier molecular flexibility index (Phi) is 2.37. The molecule has 4 heteroatoms. The molecule has 0 radical (unpaired) electrons. The number of nitrogen functional groups attached to an aromatic ring is 1. The van der Waals surface area contributed by atoms with Crippen molar-refractivity contribution in [1.82, 2.24) is 5.32 Å². The number of ether oxygens (including phenoxy) is 1. The molecule has 1 aliphatic heterocycles. The van der Waals surface area contributed by atoms with Crippen molar-refractivity contribution in [2.75, 3.05) is 12.5 Å². The van der Waals surface area contributed by atoms with Crippen molar-refractivity contribution in [1.29, 1.82) is 0 Å². The summed E-state index contributed by atoms with van der Waals surface area (Å²) in [5.41, 5.74) is 7.34. The highest BCUT2D eigenvalue weighted by Gasteiger charge is 2.24. The maximum Gasteiger partial charge on any atom is 0.251 e. The monoisotopic (exact) mass is 192 g/mol. The molecule has 0 aromatic heterocycles. The maximum absolute atomic E-state index is 11.2. The van der Waals surface area contributed by atoms with E-state index in [1.807, 2.05) is 24.3 Å². The molecule has 4 nitrogen and oxygen atoms in total. The molecule has 0 aliphatic carbocycles. The summed E-state index contributed by atoms with van der Waals surface area (Å²) in [6.45, 7) is 0.318. The summed E-state index contributed by atoms with van der Waals surface area (Å²) >= 11 is 0. The third-order valence-electron chi connectivity index (χ3n) is 2.22. The van der Waals surface area contributed by atoms with Crippen LogP contribution in [0.4, 0.5) is 5.69 Å². The minimum atomic E-state index is -0.348. The van der Waals surface area contributed by atoms with Crippen LogP contribution in [0.25, 0.3) is 0 Å². The van der Waals surface area contributed by atoms with E-state index in [4.69, 9.17) is 10.5 Å². The predicted octanol–water partition coefficient (Wildman–Crippen LogP) is 0.284. The first-order valence-corrected chi connectivity index (χ1v) is 4.49. The second kappa shape index (κ2) is 3.67. The fourth-order valence-electron chi connectivity index (χ4n) is 1.42. The first kappa shape index (κ1) is 9.02. The molecule has 0 saturated carbocycles. The molecule has 1 saturated heterocycles. The molecule has 1 atom stereocenters. The number of hydrogen-bond acceptors (Lipinski definition) is 3. The Hall–Kier alpha value is -1.55. The minimum absolute atomic E-state index is 0.0400. The second-order valence-corrected chi connectivity index (χ2v) is 3.29. The van der Waals surface area contributed by atoms with Crippen LogP contribution in [-0.4, -0.2) is 18.7 Å². The molecule has 1 aromatic carbocycles. The number of hydrogen-bond donors (Lipinski definition) is 2. The highest BCUT2D eigenvalue weighted by molar-refractivity contribution is 5.82. The van der Waals surface area contributed by atoms with Crippen molar-refractivity contribution >= 4 is 11.6 Å². The van der Waals surface area contributed by atoms with E-state index in [1.54, 1.807) is 0 Å². The summed E-state index contributed by atoms with van der Waals surface area (Å²) in [6.07, 6.45) is 0.255. The van der Waals surface area contributed by atoms with Gasteiger partial charge >= 0.3 is 0 Å². The van der Waals surface area contributed by atoms with Gasteiger partial charge in [-0.3, -0.25) is 4.79 Å². The van der Waals surface area contributed by atoms with E-state index >= 15 is 0 Å². The number of carbonyl (C=O) groups excluding carboxylic acids is 1. The molecule has 1 fully saturated rings. The SMILES string of the molecule is Nc1ccc(CC2OCNC2=O)cc1. The van der Waals surface area contributed by atoms with Crippen LogP contribution < -0.4 is 11.1 Å². The third kappa shape index (κ3) is 1.85. The van der Waals surface area contributed by atoms with Gasteiger partial charge in [0.2, 0.25) is 0 Å². The van der Waals surface area contributed by atoms with Crippen molar-refractivity contribution in [2.24, 2.45) is 0 Å². The number of carbonyl (C=O) groups is 1. The van der Waals surface area contributed by atoms with Gasteiger partial charge in [-0.15, -0.1) is 0 Å². The van der Waals surface area contributed by atoms with E-state index < -0.39 is 0 Å². The lowest BCUT2D eigenvalue weighted by molar-refractivity contribution is -0.123. The molecule has 1 amide bonds. The topological polar surface area (TPSA) is 64.3 Å². The van der Waals surface area contributed by atoms with Gasteiger partial charge in [-0.1, -0.05) is 12.1 Å². The van der Waals surface area contributed by atoms with Gasteiger partial charge in [0, 0.05) is 12.1 Å². The molecular formula is C10H12N2O2. The maximum atomic E-state index is 11.2. The molecule has 74 valence electrons. The van der Waals surface area contributed by atoms with E-state index in [2.05, 4.69) is 5.32 Å². The average Bonchev–Trinajstić information content (AvgIpc) is 2.56. The van der Waals surface area contributed by atoms with E-state index in [9.17, 15) is 4.79 Å². The number of nitrogens with two attached hydrogens (primary N) is 1. The van der Waals surface area contributed by atoms with Gasteiger partial charge in [-0.25, -0.2) is 0 Å². The van der Waals surface area contributed by atoms with E-state index in [0.717, 1.165) is 11.3 Å². The van der Waals surface area contributed by atoms with Gasteiger partial charge in [0.15, 0.2) is 0 Å². The van der Waals surface area contributed by atoms with E-state index in [0.29, 0.717) is 13.2 Å². The van der Waals surface area contributed by atoms with Gasteiger partial charge in [-0.05, 0) is 17.7 Å². The lowest BCUT2D eigenvalue weighted by atomic mass is 10.1. The molecule has 2 rings (SSSR count). The van der Waals surface area contributed by atoms with Crippen LogP contribution >= 0.6 is 0 Å². The number of anilines is 1. The molecule has 0 spiro atoms. The lowest BCUT2D eigenvalue weighted by Crippen LogP contribution is -2.25. The van der Waals surface area contributed by atoms with Gasteiger partial charge in [0.25, 0.3) is 5.91 Å². The zero-order valence-corrected chi connectivity index (χ0v) is 7.69. The van der Waals surface area contributed by atoms with Crippen LogP contribution in [0.2, 0.25) is 0 Å². The smallest absolute Gasteiger partial charge is 0.251 e. The Morgan fingerprint density at radius 2 is 2.14 bits per heavy atom. The number of amides is 1. The summed E-state index contributed by atoms with van der Waals surface area (Å²) in [6, 6.07) is 7.46. The molecule has 1 heterocycles. The van der Waals surface area contributed by atoms with Gasteiger partial charge in [0.1, 0.15) is 12.8 Å². The van der Waals surface area contributed by atoms with Crippen molar-refractivity contribution in [2.45, 2.75) is 12.5 Å². The summed E-state index contributed by atoms with van der Waals surface area (Å²) in [4.78, 5) is 11.2. The van der Waals surface area contributed by atoms with Crippen molar-refractivity contribution in [3.05, 3.63) is 29.8 Å². The molecule has 1 aliphatic rings. The molecule has 3 N–H and O–H groups in total. The second-order valence-electron chi connectivity index (χ2n) is 3.29. The van der Waals surface area contributed by atoms with Crippen molar-refractivity contribution < 1.29 is 9.53 Å². The lowest BCUT2D eigenvalue weighted by Gasteiger charge is -2.06. The molecule has 1 aromatic rings. The van der Waals surface area contributed by atoms with Crippen LogP contribution in [-0.2, 0) is 16.0 Å². The zero-order chi connectivity index (χ0) is 9.97. The van der Waals surface area contributed by atoms with Crippen molar-refractivity contribution in [3.63, 3.8) is 0 Å². The molecule has 1 unspecified atom stereocenters. The highest BCUT2D eigenvalue weighted by Crippen LogP contribution is 2.11. The Balaban J connectivity index is 2.03. The first-order valence-electron chi connectivity index (χ1n) is 4.49. The van der Waals surface area contributed by atoms with Crippen LogP contribution in [0, 0.1) is 0 Å². The largest absolute Gasteiger partial charge is 0.399 e.